The van der Waals surface area contributed by atoms with Gasteiger partial charge in [0.2, 0.25) is 10.9 Å². The number of nitrogens with zero attached hydrogens (tertiary/aromatic N) is 5. The van der Waals surface area contributed by atoms with E-state index in [1.807, 2.05) is 13.8 Å². The van der Waals surface area contributed by atoms with Crippen LogP contribution in [0, 0.1) is 0 Å². The predicted molar refractivity (Wildman–Crippen MR) is 171 cm³/mol. The average Bonchev–Trinajstić information content (AvgIpc) is 3.63. The first-order valence-corrected chi connectivity index (χ1v) is 14.3. The Balaban J connectivity index is 0.000000422. The van der Waals surface area contributed by atoms with Gasteiger partial charge in [-0.1, -0.05) is 49.9 Å². The minimum atomic E-state index is -1.07. The van der Waals surface area contributed by atoms with Gasteiger partial charge in [0.25, 0.3) is 0 Å². The van der Waals surface area contributed by atoms with E-state index in [1.165, 1.54) is 17.2 Å². The van der Waals surface area contributed by atoms with E-state index in [4.69, 9.17) is 33.0 Å². The number of aliphatic hydroxyl groups excluding tert-OH is 1. The van der Waals surface area contributed by atoms with Crippen molar-refractivity contribution in [2.24, 2.45) is 0 Å². The van der Waals surface area contributed by atoms with Crippen LogP contribution >= 0.6 is 48.0 Å². The molecule has 0 aliphatic rings. The van der Waals surface area contributed by atoms with E-state index in [0.29, 0.717) is 24.2 Å². The van der Waals surface area contributed by atoms with Crippen molar-refractivity contribution in [2.75, 3.05) is 6.61 Å². The number of unbranched alkanes of at least 4 members (excludes halogenated alkanes) is 2. The fourth-order valence-electron chi connectivity index (χ4n) is 4.26. The number of hydrogen-bond acceptors (Lipinski definition) is 9. The highest BCUT2D eigenvalue weighted by molar-refractivity contribution is 6.31. The largest absolute Gasteiger partial charge is 0.511 e. The van der Waals surface area contributed by atoms with Gasteiger partial charge in [-0.05, 0) is 32.6 Å². The molecule has 0 fully saturated rings. The van der Waals surface area contributed by atoms with Crippen LogP contribution in [0.5, 0.6) is 0 Å². The van der Waals surface area contributed by atoms with Crippen LogP contribution in [-0.4, -0.2) is 58.0 Å². The highest BCUT2D eigenvalue weighted by Crippen LogP contribution is 2.19. The van der Waals surface area contributed by atoms with Crippen LogP contribution < -0.4 is 16.1 Å². The molecule has 0 atom stereocenters. The molecular formula is C27H34Cl4N6O7. The Morgan fingerprint density at radius 1 is 0.909 bits per heavy atom. The van der Waals surface area contributed by atoms with Crippen molar-refractivity contribution in [3.05, 3.63) is 65.3 Å². The van der Waals surface area contributed by atoms with Crippen molar-refractivity contribution < 1.29 is 24.5 Å². The van der Waals surface area contributed by atoms with Gasteiger partial charge in [-0.25, -0.2) is 23.8 Å². The fraction of sp³-hybridized carbons (Fsp3) is 0.444. The molecule has 0 radical (unpaired) electrons. The standard InChI is InChI=1S/C14H16ClN3O4.C13H16ClN3O3.2ClH/c1-2-3-4-8-12(15)13(22)11(9(19)5-6-10(20)21)14-16-7-17-18(8)14;1-3-5-6-8-10(14)11(18)9(13(19)20-4-2)12-15-7-16-17(8)12;;/h7,19H,2-6H2,1H3,(H,20,21);7H,3-6H2,1-2H3,(H,15,16);2*1H. The van der Waals surface area contributed by atoms with Crippen LogP contribution in [0.1, 0.15) is 81.0 Å². The monoisotopic (exact) mass is 694 g/mol. The normalized spacial score (nSPS) is 11.3. The number of hydrogen-bond donors (Lipinski definition) is 3. The van der Waals surface area contributed by atoms with Crippen molar-refractivity contribution in [1.82, 2.24) is 29.2 Å². The molecule has 44 heavy (non-hydrogen) atoms. The summed E-state index contributed by atoms with van der Waals surface area (Å²) in [6.07, 6.45) is 7.06. The number of H-pyrrole nitrogens is 1. The minimum Gasteiger partial charge on any atom is -0.511 e. The Labute approximate surface area is 274 Å². The number of esters is 1. The van der Waals surface area contributed by atoms with Crippen LogP contribution in [0.25, 0.3) is 17.1 Å². The molecule has 3 N–H and O–H groups in total. The van der Waals surface area contributed by atoms with Crippen molar-refractivity contribution in [2.45, 2.75) is 72.1 Å². The lowest BCUT2D eigenvalue weighted by molar-refractivity contribution is -0.136. The van der Waals surface area contributed by atoms with Gasteiger partial charge in [0.15, 0.2) is 16.9 Å². The Bertz CT molecular complexity index is 1770. The average molecular weight is 696 g/mol. The van der Waals surface area contributed by atoms with E-state index in [-0.39, 0.29) is 82.1 Å². The van der Waals surface area contributed by atoms with Gasteiger partial charge in [0.05, 0.1) is 24.4 Å². The maximum atomic E-state index is 12.4. The first-order valence-electron chi connectivity index (χ1n) is 13.5. The quantitative estimate of drug-likeness (QED) is 0.191. The van der Waals surface area contributed by atoms with E-state index in [9.17, 15) is 24.3 Å². The van der Waals surface area contributed by atoms with E-state index < -0.39 is 22.8 Å². The highest BCUT2D eigenvalue weighted by Gasteiger charge is 2.24. The summed E-state index contributed by atoms with van der Waals surface area (Å²) < 4.78 is 7.91. The van der Waals surface area contributed by atoms with Crippen molar-refractivity contribution in [3.8, 4) is 0 Å². The number of carbonyl (C=O) groups is 2. The van der Waals surface area contributed by atoms with Gasteiger partial charge < -0.3 is 14.9 Å². The first-order chi connectivity index (χ1) is 20.1. The molecule has 4 rings (SSSR count). The number of carboxylic acid groups (broad SMARTS) is 1. The summed E-state index contributed by atoms with van der Waals surface area (Å²) in [5.74, 6) is -2.11. The number of ether oxygens (including phenoxy) is 1. The van der Waals surface area contributed by atoms with Crippen LogP contribution in [0.3, 0.4) is 0 Å². The molecule has 0 aliphatic carbocycles. The second-order valence-electron chi connectivity index (χ2n) is 9.24. The third kappa shape index (κ3) is 8.40. The number of aromatic amines is 1. The predicted octanol–water partition coefficient (Wildman–Crippen LogP) is 4.37. The summed E-state index contributed by atoms with van der Waals surface area (Å²) in [6, 6.07) is 0. The molecule has 0 aliphatic heterocycles. The van der Waals surface area contributed by atoms with Crippen LogP contribution in [0.2, 0.25) is 10.0 Å². The minimum absolute atomic E-state index is 0. The number of aryl methyl sites for hydroxylation is 2. The lowest BCUT2D eigenvalue weighted by atomic mass is 10.1. The Hall–Kier alpha value is -3.39. The van der Waals surface area contributed by atoms with Crippen molar-refractivity contribution >= 4 is 77.0 Å². The second-order valence-corrected chi connectivity index (χ2v) is 10.00. The number of pyridine rings is 2. The molecular weight excluding hydrogens is 662 g/mol. The number of halogens is 4. The molecule has 0 saturated carbocycles. The number of aliphatic carboxylic acids is 1. The van der Waals surface area contributed by atoms with Gasteiger partial charge in [-0.15, -0.1) is 24.8 Å². The summed E-state index contributed by atoms with van der Waals surface area (Å²) in [7, 11) is 0. The zero-order chi connectivity index (χ0) is 31.0. The van der Waals surface area contributed by atoms with Gasteiger partial charge in [0, 0.05) is 6.42 Å². The van der Waals surface area contributed by atoms with Crippen LogP contribution in [0.15, 0.2) is 22.2 Å². The second kappa shape index (κ2) is 17.8. The molecule has 0 unspecified atom stereocenters. The lowest BCUT2D eigenvalue weighted by Gasteiger charge is -2.09. The van der Waals surface area contributed by atoms with Crippen LogP contribution in [0.4, 0.5) is 0 Å². The van der Waals surface area contributed by atoms with E-state index >= 15 is 0 Å². The third-order valence-corrected chi connectivity index (χ3v) is 7.12. The van der Waals surface area contributed by atoms with Crippen molar-refractivity contribution in [3.63, 3.8) is 0 Å². The lowest BCUT2D eigenvalue weighted by Crippen LogP contribution is -2.32. The molecule has 0 spiro atoms. The van der Waals surface area contributed by atoms with E-state index in [1.54, 1.807) is 11.4 Å². The summed E-state index contributed by atoms with van der Waals surface area (Å²) in [5, 5.41) is 25.6. The number of nitrogens with one attached hydrogen (secondary N) is 1. The molecule has 0 amide bonds. The SMILES string of the molecule is CCCCc1c(Cl)c(=O)c(=C(O)CCC(=O)O)c2ncnn12.CCCCc1c(Cl)c(=O)c(C(=O)OCC)c2nc[nH]n12.Cl.Cl. The zero-order valence-electron chi connectivity index (χ0n) is 24.3. The third-order valence-electron chi connectivity index (χ3n) is 6.34. The molecule has 4 aromatic rings. The molecule has 0 saturated heterocycles. The number of carboxylic acids is 1. The smallest absolute Gasteiger partial charge is 0.346 e. The van der Waals surface area contributed by atoms with Gasteiger partial charge in [-0.3, -0.25) is 19.5 Å². The number of aromatic nitrogens is 6. The highest BCUT2D eigenvalue weighted by atomic mass is 35.5. The number of carbonyl (C=O) groups excluding carboxylic acids is 1. The summed E-state index contributed by atoms with van der Waals surface area (Å²) in [5.41, 5.74) is 0.444. The van der Waals surface area contributed by atoms with Crippen LogP contribution in [-0.2, 0) is 22.4 Å². The maximum Gasteiger partial charge on any atom is 0.346 e. The number of fused-ring (bicyclic) bond motifs is 2. The van der Waals surface area contributed by atoms with E-state index in [2.05, 4.69) is 20.2 Å². The van der Waals surface area contributed by atoms with Gasteiger partial charge >= 0.3 is 11.9 Å². The van der Waals surface area contributed by atoms with Gasteiger partial charge in [0.1, 0.15) is 33.7 Å². The number of aliphatic hydroxyl groups is 1. The topological polar surface area (TPSA) is 181 Å². The zero-order valence-corrected chi connectivity index (χ0v) is 27.4. The summed E-state index contributed by atoms with van der Waals surface area (Å²) >= 11 is 12.3. The first kappa shape index (κ1) is 38.6. The molecule has 13 nitrogen and oxygen atoms in total. The van der Waals surface area contributed by atoms with Gasteiger partial charge in [-0.2, -0.15) is 5.10 Å². The molecule has 0 aromatic carbocycles. The molecule has 4 aromatic heterocycles. The Kier molecular flexibility index (Phi) is 15.6. The summed E-state index contributed by atoms with van der Waals surface area (Å²) in [6.45, 7) is 5.93. The Morgan fingerprint density at radius 2 is 1.52 bits per heavy atom. The molecule has 242 valence electrons. The fourth-order valence-corrected chi connectivity index (χ4v) is 4.80. The van der Waals surface area contributed by atoms with Crippen molar-refractivity contribution in [1.29, 1.82) is 0 Å². The Morgan fingerprint density at radius 3 is 2.11 bits per heavy atom. The maximum absolute atomic E-state index is 12.4. The summed E-state index contributed by atoms with van der Waals surface area (Å²) in [4.78, 5) is 55.3. The molecule has 17 heteroatoms. The molecule has 0 bridgehead atoms. The number of rotatable bonds is 11. The van der Waals surface area contributed by atoms with E-state index in [0.717, 1.165) is 25.7 Å². The molecule has 4 heterocycles.